The zero-order chi connectivity index (χ0) is 38.7. The third-order valence-corrected chi connectivity index (χ3v) is 11.2. The number of aromatic nitrogens is 1. The molecular formula is C38H51N7O7S. The minimum Gasteiger partial charge on any atom is -0.411 e. The van der Waals surface area contributed by atoms with Gasteiger partial charge < -0.3 is 30.6 Å². The van der Waals surface area contributed by atoms with E-state index < -0.39 is 34.1 Å². The first-order valence-corrected chi connectivity index (χ1v) is 19.2. The smallest absolute Gasteiger partial charge is 0.321 e. The van der Waals surface area contributed by atoms with Gasteiger partial charge in [-0.3, -0.25) is 4.79 Å². The third kappa shape index (κ3) is 10.6. The lowest BCUT2D eigenvalue weighted by Crippen LogP contribution is -2.57. The fourth-order valence-corrected chi connectivity index (χ4v) is 7.95. The lowest BCUT2D eigenvalue weighted by Gasteiger charge is -2.35. The number of carbonyl (C=O) groups is 2. The Kier molecular flexibility index (Phi) is 14.5. The van der Waals surface area contributed by atoms with Gasteiger partial charge in [-0.15, -0.1) is 0 Å². The van der Waals surface area contributed by atoms with Crippen LogP contribution in [0.3, 0.4) is 0 Å². The van der Waals surface area contributed by atoms with E-state index >= 15 is 0 Å². The van der Waals surface area contributed by atoms with Gasteiger partial charge in [-0.2, -0.15) is 4.31 Å². The van der Waals surface area contributed by atoms with Crippen molar-refractivity contribution in [3.05, 3.63) is 95.3 Å². The van der Waals surface area contributed by atoms with Gasteiger partial charge in [0.15, 0.2) is 0 Å². The molecule has 0 aliphatic carbocycles. The highest BCUT2D eigenvalue weighted by molar-refractivity contribution is 7.89. The van der Waals surface area contributed by atoms with Crippen LogP contribution in [0.4, 0.5) is 4.79 Å². The first-order chi connectivity index (χ1) is 25.3. The van der Waals surface area contributed by atoms with Crippen LogP contribution in [-0.2, 0) is 27.8 Å². The van der Waals surface area contributed by atoms with E-state index in [4.69, 9.17) is 5.21 Å². The van der Waals surface area contributed by atoms with Crippen LogP contribution < -0.4 is 5.32 Å². The van der Waals surface area contributed by atoms with Gasteiger partial charge in [0.1, 0.15) is 11.8 Å². The molecule has 2 heterocycles. The van der Waals surface area contributed by atoms with Gasteiger partial charge in [0.2, 0.25) is 15.9 Å². The molecule has 0 saturated carbocycles. The molecule has 2 unspecified atom stereocenters. The van der Waals surface area contributed by atoms with Crippen LogP contribution in [0.2, 0.25) is 0 Å². The largest absolute Gasteiger partial charge is 0.411 e. The minimum absolute atomic E-state index is 0.0107. The summed E-state index contributed by atoms with van der Waals surface area (Å²) in [5.41, 5.74) is 2.77. The van der Waals surface area contributed by atoms with E-state index in [0.29, 0.717) is 42.2 Å². The normalized spacial score (nSPS) is 16.4. The molecule has 14 nitrogen and oxygen atoms in total. The number of hydrogen-bond donors (Lipinski definition) is 4. The highest BCUT2D eigenvalue weighted by atomic mass is 32.2. The van der Waals surface area contributed by atoms with Crippen molar-refractivity contribution in [3.63, 3.8) is 0 Å². The van der Waals surface area contributed by atoms with Gasteiger partial charge >= 0.3 is 6.03 Å². The Balaban J connectivity index is 1.59. The molecule has 0 spiro atoms. The fraction of sp³-hybridized carbons (Fsp3) is 0.447. The van der Waals surface area contributed by atoms with Crippen LogP contribution in [0.25, 0.3) is 0 Å². The van der Waals surface area contributed by atoms with Crippen molar-refractivity contribution >= 4 is 33.9 Å². The molecule has 1 aliphatic rings. The van der Waals surface area contributed by atoms with Gasteiger partial charge in [0.05, 0.1) is 41.2 Å². The molecule has 1 aromatic heterocycles. The Hall–Kier alpha value is -4.86. The van der Waals surface area contributed by atoms with Gasteiger partial charge in [0.25, 0.3) is 0 Å². The van der Waals surface area contributed by atoms with E-state index in [0.717, 1.165) is 5.56 Å². The first kappa shape index (κ1) is 40.9. The minimum atomic E-state index is -4.08. The van der Waals surface area contributed by atoms with Gasteiger partial charge in [0, 0.05) is 26.2 Å². The Labute approximate surface area is 311 Å². The molecule has 4 rings (SSSR count). The highest BCUT2D eigenvalue weighted by Crippen LogP contribution is 2.24. The topological polar surface area (TPSA) is 188 Å². The summed E-state index contributed by atoms with van der Waals surface area (Å²) in [6.45, 7) is 9.91. The molecule has 3 amide bonds. The van der Waals surface area contributed by atoms with Gasteiger partial charge in [-0.05, 0) is 60.6 Å². The number of rotatable bonds is 18. The maximum Gasteiger partial charge on any atom is 0.321 e. The second kappa shape index (κ2) is 18.8. The summed E-state index contributed by atoms with van der Waals surface area (Å²) < 4.78 is 29.1. The Morgan fingerprint density at radius 1 is 1.00 bits per heavy atom. The summed E-state index contributed by atoms with van der Waals surface area (Å²) >= 11 is 0. The number of benzene rings is 2. The van der Waals surface area contributed by atoms with Crippen LogP contribution in [0.15, 0.2) is 88.0 Å². The predicted octanol–water partition coefficient (Wildman–Crippen LogP) is 4.18. The average Bonchev–Trinajstić information content (AvgIpc) is 3.49. The fourth-order valence-electron chi connectivity index (χ4n) is 6.33. The number of amides is 3. The van der Waals surface area contributed by atoms with Crippen molar-refractivity contribution in [1.29, 1.82) is 0 Å². The number of aliphatic hydroxyl groups excluding tert-OH is 1. The molecule has 1 saturated heterocycles. The second-order valence-corrected chi connectivity index (χ2v) is 15.8. The summed E-state index contributed by atoms with van der Waals surface area (Å²) in [6.07, 6.45) is 0.682. The molecule has 3 aromatic rings. The number of pyridine rings is 1. The third-order valence-electron chi connectivity index (χ3n) is 9.37. The lowest BCUT2D eigenvalue weighted by molar-refractivity contribution is -0.128. The molecular weight excluding hydrogens is 699 g/mol. The van der Waals surface area contributed by atoms with Crippen molar-refractivity contribution < 1.29 is 33.5 Å². The second-order valence-electron chi connectivity index (χ2n) is 13.8. The van der Waals surface area contributed by atoms with Crippen molar-refractivity contribution in [2.45, 2.75) is 77.1 Å². The lowest BCUT2D eigenvalue weighted by atomic mass is 9.95. The zero-order valence-electron chi connectivity index (χ0n) is 30.9. The van der Waals surface area contributed by atoms with E-state index in [1.807, 2.05) is 58.0 Å². The average molecular weight is 750 g/mol. The Morgan fingerprint density at radius 3 is 2.32 bits per heavy atom. The number of sulfonamides is 1. The Morgan fingerprint density at radius 2 is 1.70 bits per heavy atom. The molecule has 15 heteroatoms. The number of hydrogen-bond acceptors (Lipinski definition) is 10. The van der Waals surface area contributed by atoms with E-state index in [2.05, 4.69) is 20.6 Å². The van der Waals surface area contributed by atoms with Crippen LogP contribution in [0.1, 0.15) is 63.6 Å². The standard InChI is InChI=1S/C38H51N7O7S/c1-6-27(4)36(45-20-19-43(38(45)48)24-31-13-10-14-33(40-31)28(5)42-50)37(47)41-34(21-29-11-8-7-9-12-29)35(46)25-44(23-26(2)3)53(51,52)32-17-15-30(16-18-32)22-39-49/h7-18,22,26-27,34-36,46,49-50H,6,19-21,23-25H2,1-5H3,(H,41,47)/b39-22+,42-28+/t27?,34-,35+,36?/m0/s1. The number of aliphatic hydroxyl groups is 1. The summed E-state index contributed by atoms with van der Waals surface area (Å²) in [5, 5.41) is 39.1. The number of carbonyl (C=O) groups excluding carboxylic acids is 2. The van der Waals surface area contributed by atoms with E-state index in [1.165, 1.54) is 34.8 Å². The maximum absolute atomic E-state index is 14.3. The summed E-state index contributed by atoms with van der Waals surface area (Å²) in [7, 11) is -4.08. The SMILES string of the molecule is CCC(C)C(C(=O)N[C@@H](Cc1ccccc1)[C@H](O)CN(CC(C)C)S(=O)(=O)c1ccc(/C=N/O)cc1)N1CCN(Cc2cccc(/C(C)=N/O)n2)C1=O. The van der Waals surface area contributed by atoms with Crippen molar-refractivity contribution in [3.8, 4) is 0 Å². The Bertz CT molecular complexity index is 1840. The van der Waals surface area contributed by atoms with E-state index in [1.54, 1.807) is 34.9 Å². The van der Waals surface area contributed by atoms with E-state index in [-0.39, 0.29) is 48.8 Å². The molecule has 53 heavy (non-hydrogen) atoms. The van der Waals surface area contributed by atoms with E-state index in [9.17, 15) is 28.3 Å². The van der Waals surface area contributed by atoms with Gasteiger partial charge in [-0.25, -0.2) is 18.2 Å². The number of oxime groups is 2. The first-order valence-electron chi connectivity index (χ1n) is 17.8. The summed E-state index contributed by atoms with van der Waals surface area (Å²) in [6, 6.07) is 18.4. The molecule has 2 aromatic carbocycles. The summed E-state index contributed by atoms with van der Waals surface area (Å²) in [5.74, 6) is -0.762. The zero-order valence-corrected chi connectivity index (χ0v) is 31.7. The van der Waals surface area contributed by atoms with Crippen LogP contribution in [-0.4, -0.2) is 111 Å². The van der Waals surface area contributed by atoms with Gasteiger partial charge in [-0.1, -0.05) is 93.0 Å². The quantitative estimate of drug-likeness (QED) is 0.0847. The maximum atomic E-state index is 14.3. The van der Waals surface area contributed by atoms with Crippen molar-refractivity contribution in [2.24, 2.45) is 22.1 Å². The highest BCUT2D eigenvalue weighted by Gasteiger charge is 2.41. The molecule has 1 aliphatic heterocycles. The van der Waals surface area contributed by atoms with Crippen molar-refractivity contribution in [1.82, 2.24) is 24.4 Å². The molecule has 1 fully saturated rings. The predicted molar refractivity (Wildman–Crippen MR) is 201 cm³/mol. The van der Waals surface area contributed by atoms with Crippen LogP contribution in [0, 0.1) is 11.8 Å². The molecule has 0 bridgehead atoms. The number of urea groups is 1. The number of nitrogens with zero attached hydrogens (tertiary/aromatic N) is 6. The molecule has 286 valence electrons. The van der Waals surface area contributed by atoms with Crippen LogP contribution in [0.5, 0.6) is 0 Å². The summed E-state index contributed by atoms with van der Waals surface area (Å²) in [4.78, 5) is 35.9. The molecule has 4 atom stereocenters. The monoisotopic (exact) mass is 749 g/mol. The van der Waals surface area contributed by atoms with Crippen LogP contribution >= 0.6 is 0 Å². The molecule has 0 radical (unpaired) electrons. The van der Waals surface area contributed by atoms with Crippen molar-refractivity contribution in [2.75, 3.05) is 26.2 Å². The number of nitrogens with one attached hydrogen (secondary N) is 1. The molecule has 4 N–H and O–H groups in total.